The molecule has 4 heteroatoms. The molecule has 0 saturated heterocycles. The first-order chi connectivity index (χ1) is 7.72. The number of carbonyl (C=O) groups excluding carboxylic acids is 1. The first kappa shape index (κ1) is 13.5. The van der Waals surface area contributed by atoms with Crippen LogP contribution in [0, 0.1) is 0 Å². The van der Waals surface area contributed by atoms with Crippen LogP contribution in [-0.2, 0) is 9.53 Å². The van der Waals surface area contributed by atoms with Gasteiger partial charge in [0.1, 0.15) is 6.04 Å². The molecule has 1 atom stereocenters. The molecular formula is C13H14ClNO2. The second-order valence-electron chi connectivity index (χ2n) is 3.61. The van der Waals surface area contributed by atoms with E-state index in [1.807, 2.05) is 42.5 Å². The zero-order chi connectivity index (χ0) is 11.5. The quantitative estimate of drug-likeness (QED) is 0.834. The molecule has 90 valence electrons. The average molecular weight is 252 g/mol. The van der Waals surface area contributed by atoms with Crippen LogP contribution < -0.4 is 5.73 Å². The molecule has 0 amide bonds. The van der Waals surface area contributed by atoms with E-state index in [2.05, 4.69) is 4.74 Å². The Morgan fingerprint density at radius 3 is 2.47 bits per heavy atom. The van der Waals surface area contributed by atoms with Gasteiger partial charge in [0.05, 0.1) is 7.11 Å². The average Bonchev–Trinajstić information content (AvgIpc) is 2.36. The number of fused-ring (bicyclic) bond motifs is 1. The molecule has 0 saturated carbocycles. The number of halogens is 1. The molecule has 0 aliphatic heterocycles. The number of rotatable bonds is 2. The van der Waals surface area contributed by atoms with Crippen molar-refractivity contribution in [2.24, 2.45) is 5.73 Å². The number of esters is 1. The maximum atomic E-state index is 11.3. The third kappa shape index (κ3) is 2.75. The molecule has 0 aromatic heterocycles. The summed E-state index contributed by atoms with van der Waals surface area (Å²) < 4.78 is 4.61. The predicted molar refractivity (Wildman–Crippen MR) is 70.1 cm³/mol. The van der Waals surface area contributed by atoms with Crippen LogP contribution in [0.3, 0.4) is 0 Å². The third-order valence-electron chi connectivity index (χ3n) is 2.59. The van der Waals surface area contributed by atoms with Gasteiger partial charge >= 0.3 is 5.97 Å². The monoisotopic (exact) mass is 251 g/mol. The molecule has 3 nitrogen and oxygen atoms in total. The maximum Gasteiger partial charge on any atom is 0.327 e. The van der Waals surface area contributed by atoms with E-state index in [0.29, 0.717) is 0 Å². The Morgan fingerprint density at radius 2 is 1.82 bits per heavy atom. The summed E-state index contributed by atoms with van der Waals surface area (Å²) >= 11 is 0. The lowest BCUT2D eigenvalue weighted by Crippen LogP contribution is -2.22. The van der Waals surface area contributed by atoms with Crippen molar-refractivity contribution >= 4 is 29.1 Å². The Bertz CT molecular complexity index is 528. The van der Waals surface area contributed by atoms with Crippen LogP contribution in [0.25, 0.3) is 10.8 Å². The smallest absolute Gasteiger partial charge is 0.327 e. The molecular weight excluding hydrogens is 238 g/mol. The number of methoxy groups -OCH3 is 1. The molecule has 0 heterocycles. The highest BCUT2D eigenvalue weighted by atomic mass is 35.5. The largest absolute Gasteiger partial charge is 0.468 e. The minimum Gasteiger partial charge on any atom is -0.468 e. The van der Waals surface area contributed by atoms with Crippen molar-refractivity contribution < 1.29 is 9.53 Å². The minimum absolute atomic E-state index is 0. The number of ether oxygens (including phenoxy) is 1. The zero-order valence-electron chi connectivity index (χ0n) is 9.42. The highest BCUT2D eigenvalue weighted by Crippen LogP contribution is 2.19. The summed E-state index contributed by atoms with van der Waals surface area (Å²) in [6, 6.07) is 12.9. The SMILES string of the molecule is COC(=O)[C@H](N)c1ccc2ccccc2c1.Cl. The molecule has 0 spiro atoms. The van der Waals surface area contributed by atoms with E-state index in [4.69, 9.17) is 5.73 Å². The number of hydrogen-bond acceptors (Lipinski definition) is 3. The van der Waals surface area contributed by atoms with Gasteiger partial charge in [0.2, 0.25) is 0 Å². The van der Waals surface area contributed by atoms with Crippen molar-refractivity contribution in [1.29, 1.82) is 0 Å². The Balaban J connectivity index is 0.00000144. The molecule has 0 unspecified atom stereocenters. The van der Waals surface area contributed by atoms with Gasteiger partial charge in [0.25, 0.3) is 0 Å². The molecule has 0 bridgehead atoms. The van der Waals surface area contributed by atoms with Gasteiger partial charge in [-0.1, -0.05) is 36.4 Å². The van der Waals surface area contributed by atoms with Crippen LogP contribution in [0.2, 0.25) is 0 Å². The Kier molecular flexibility index (Phi) is 4.49. The Labute approximate surface area is 106 Å². The van der Waals surface area contributed by atoms with Gasteiger partial charge in [-0.2, -0.15) is 0 Å². The summed E-state index contributed by atoms with van der Waals surface area (Å²) in [7, 11) is 1.34. The second-order valence-corrected chi connectivity index (χ2v) is 3.61. The molecule has 2 aromatic rings. The topological polar surface area (TPSA) is 52.3 Å². The van der Waals surface area contributed by atoms with E-state index in [1.165, 1.54) is 7.11 Å². The van der Waals surface area contributed by atoms with E-state index in [0.717, 1.165) is 16.3 Å². The summed E-state index contributed by atoms with van der Waals surface area (Å²) in [5, 5.41) is 2.20. The van der Waals surface area contributed by atoms with Crippen LogP contribution in [-0.4, -0.2) is 13.1 Å². The molecule has 0 aliphatic rings. The van der Waals surface area contributed by atoms with Crippen molar-refractivity contribution in [2.45, 2.75) is 6.04 Å². The minimum atomic E-state index is -0.713. The molecule has 0 aliphatic carbocycles. The fourth-order valence-corrected chi connectivity index (χ4v) is 1.66. The maximum absolute atomic E-state index is 11.3. The van der Waals surface area contributed by atoms with Gasteiger partial charge < -0.3 is 10.5 Å². The summed E-state index contributed by atoms with van der Waals surface area (Å²) in [5.74, 6) is -0.421. The van der Waals surface area contributed by atoms with Gasteiger partial charge in [-0.25, -0.2) is 0 Å². The zero-order valence-corrected chi connectivity index (χ0v) is 10.2. The summed E-state index contributed by atoms with van der Waals surface area (Å²) in [5.41, 5.74) is 6.53. The second kappa shape index (κ2) is 5.66. The highest BCUT2D eigenvalue weighted by molar-refractivity contribution is 5.86. The van der Waals surface area contributed by atoms with Crippen molar-refractivity contribution in [3.63, 3.8) is 0 Å². The summed E-state index contributed by atoms with van der Waals surface area (Å²) in [6.07, 6.45) is 0. The molecule has 2 rings (SSSR count). The third-order valence-corrected chi connectivity index (χ3v) is 2.59. The Morgan fingerprint density at radius 1 is 1.18 bits per heavy atom. The summed E-state index contributed by atoms with van der Waals surface area (Å²) in [6.45, 7) is 0. The fraction of sp³-hybridized carbons (Fsp3) is 0.154. The number of hydrogen-bond donors (Lipinski definition) is 1. The molecule has 2 N–H and O–H groups in total. The van der Waals surface area contributed by atoms with E-state index in [-0.39, 0.29) is 12.4 Å². The number of carbonyl (C=O) groups is 1. The van der Waals surface area contributed by atoms with Crippen LogP contribution in [0.5, 0.6) is 0 Å². The standard InChI is InChI=1S/C13H13NO2.ClH/c1-16-13(15)12(14)11-7-6-9-4-2-3-5-10(9)8-11;/h2-8,12H,14H2,1H3;1H/t12-;/m1./s1. The Hall–Kier alpha value is -1.58. The first-order valence-corrected chi connectivity index (χ1v) is 5.04. The first-order valence-electron chi connectivity index (χ1n) is 5.04. The molecule has 17 heavy (non-hydrogen) atoms. The van der Waals surface area contributed by atoms with E-state index < -0.39 is 12.0 Å². The summed E-state index contributed by atoms with van der Waals surface area (Å²) in [4.78, 5) is 11.3. The van der Waals surface area contributed by atoms with Crippen LogP contribution >= 0.6 is 12.4 Å². The normalized spacial score (nSPS) is 11.6. The van der Waals surface area contributed by atoms with E-state index in [9.17, 15) is 4.79 Å². The van der Waals surface area contributed by atoms with Crippen molar-refractivity contribution in [3.8, 4) is 0 Å². The van der Waals surface area contributed by atoms with Gasteiger partial charge in [0.15, 0.2) is 0 Å². The lowest BCUT2D eigenvalue weighted by Gasteiger charge is -2.10. The van der Waals surface area contributed by atoms with Gasteiger partial charge in [0, 0.05) is 0 Å². The molecule has 0 radical (unpaired) electrons. The van der Waals surface area contributed by atoms with Crippen molar-refractivity contribution in [1.82, 2.24) is 0 Å². The highest BCUT2D eigenvalue weighted by Gasteiger charge is 2.15. The van der Waals surface area contributed by atoms with E-state index in [1.54, 1.807) is 0 Å². The van der Waals surface area contributed by atoms with Gasteiger partial charge in [-0.15, -0.1) is 12.4 Å². The lowest BCUT2D eigenvalue weighted by molar-refractivity contribution is -0.142. The van der Waals surface area contributed by atoms with Crippen molar-refractivity contribution in [2.75, 3.05) is 7.11 Å². The van der Waals surface area contributed by atoms with Crippen LogP contribution in [0.4, 0.5) is 0 Å². The van der Waals surface area contributed by atoms with Crippen LogP contribution in [0.1, 0.15) is 11.6 Å². The van der Waals surface area contributed by atoms with Crippen LogP contribution in [0.15, 0.2) is 42.5 Å². The fourth-order valence-electron chi connectivity index (χ4n) is 1.66. The predicted octanol–water partition coefficient (Wildman–Crippen LogP) is 2.43. The van der Waals surface area contributed by atoms with Gasteiger partial charge in [-0.3, -0.25) is 4.79 Å². The van der Waals surface area contributed by atoms with Gasteiger partial charge in [-0.05, 0) is 22.4 Å². The van der Waals surface area contributed by atoms with E-state index >= 15 is 0 Å². The lowest BCUT2D eigenvalue weighted by atomic mass is 10.0. The number of nitrogens with two attached hydrogens (primary N) is 1. The number of benzene rings is 2. The van der Waals surface area contributed by atoms with Crippen molar-refractivity contribution in [3.05, 3.63) is 48.0 Å². The molecule has 2 aromatic carbocycles. The molecule has 0 fully saturated rings.